The molecule has 0 bridgehead atoms. The van der Waals surface area contributed by atoms with Crippen molar-refractivity contribution in [3.8, 4) is 0 Å². The van der Waals surface area contributed by atoms with Gasteiger partial charge in [0.1, 0.15) is 0 Å². The number of rotatable bonds is 6. The van der Waals surface area contributed by atoms with Crippen LogP contribution in [0.3, 0.4) is 0 Å². The van der Waals surface area contributed by atoms with Crippen molar-refractivity contribution in [2.45, 2.75) is 38.8 Å². The fraction of sp³-hybridized carbons (Fsp3) is 0.333. The first-order valence-electron chi connectivity index (χ1n) is 7.27. The van der Waals surface area contributed by atoms with E-state index in [1.54, 1.807) is 0 Å². The third kappa shape index (κ3) is 4.09. The van der Waals surface area contributed by atoms with E-state index in [9.17, 15) is 0 Å². The summed E-state index contributed by atoms with van der Waals surface area (Å²) in [5.74, 6) is 0. The molecule has 1 unspecified atom stereocenters. The van der Waals surface area contributed by atoms with Gasteiger partial charge in [-0.25, -0.2) is 0 Å². The van der Waals surface area contributed by atoms with Crippen molar-refractivity contribution in [3.63, 3.8) is 0 Å². The van der Waals surface area contributed by atoms with Crippen molar-refractivity contribution >= 4 is 11.6 Å². The van der Waals surface area contributed by atoms with Crippen LogP contribution in [0.4, 0.5) is 0 Å². The average molecular weight is 288 g/mol. The molecule has 2 aromatic rings. The first-order valence-corrected chi connectivity index (χ1v) is 7.65. The van der Waals surface area contributed by atoms with Crippen LogP contribution in [0.15, 0.2) is 54.6 Å². The molecule has 2 rings (SSSR count). The van der Waals surface area contributed by atoms with E-state index in [1.807, 2.05) is 18.2 Å². The molecule has 0 aliphatic rings. The van der Waals surface area contributed by atoms with Crippen LogP contribution in [0.2, 0.25) is 5.02 Å². The van der Waals surface area contributed by atoms with Crippen LogP contribution in [0.1, 0.15) is 49.9 Å². The molecule has 1 nitrogen and oxygen atoms in total. The molecule has 1 N–H and O–H groups in total. The fourth-order valence-corrected chi connectivity index (χ4v) is 2.69. The Bertz CT molecular complexity index is 524. The minimum absolute atomic E-state index is 0.283. The van der Waals surface area contributed by atoms with Crippen LogP contribution >= 0.6 is 11.6 Å². The fourth-order valence-electron chi connectivity index (χ4n) is 2.49. The summed E-state index contributed by atoms with van der Waals surface area (Å²) < 4.78 is 0. The second-order valence-corrected chi connectivity index (χ2v) is 5.63. The molecule has 20 heavy (non-hydrogen) atoms. The SMILES string of the molecule is CCCC(N[C@@H](C)c1cccc(Cl)c1)c1ccccc1. The predicted molar refractivity (Wildman–Crippen MR) is 87.1 cm³/mol. The van der Waals surface area contributed by atoms with Crippen molar-refractivity contribution in [2.24, 2.45) is 0 Å². The van der Waals surface area contributed by atoms with Crippen LogP contribution in [-0.4, -0.2) is 0 Å². The zero-order valence-electron chi connectivity index (χ0n) is 12.1. The number of nitrogens with one attached hydrogen (secondary N) is 1. The lowest BCUT2D eigenvalue weighted by Gasteiger charge is -2.24. The Morgan fingerprint density at radius 1 is 1.00 bits per heavy atom. The van der Waals surface area contributed by atoms with Crippen LogP contribution in [0.25, 0.3) is 0 Å². The molecule has 0 aliphatic heterocycles. The van der Waals surface area contributed by atoms with Gasteiger partial charge in [-0.15, -0.1) is 0 Å². The van der Waals surface area contributed by atoms with Gasteiger partial charge in [0.25, 0.3) is 0 Å². The summed E-state index contributed by atoms with van der Waals surface area (Å²) in [7, 11) is 0. The third-order valence-corrected chi connectivity index (χ3v) is 3.81. The first-order chi connectivity index (χ1) is 9.70. The predicted octanol–water partition coefficient (Wildman–Crippen LogP) is 5.53. The standard InChI is InChI=1S/C18H22ClN/c1-3-8-18(15-9-5-4-6-10-15)20-14(2)16-11-7-12-17(19)13-16/h4-7,9-14,18,20H,3,8H2,1-2H3/t14-,18?/m0/s1. The van der Waals surface area contributed by atoms with Crippen molar-refractivity contribution in [3.05, 3.63) is 70.7 Å². The first kappa shape index (κ1) is 15.1. The van der Waals surface area contributed by atoms with E-state index in [0.717, 1.165) is 17.9 Å². The zero-order valence-corrected chi connectivity index (χ0v) is 12.9. The number of hydrogen-bond acceptors (Lipinski definition) is 1. The van der Waals surface area contributed by atoms with Crippen LogP contribution in [0, 0.1) is 0 Å². The van der Waals surface area contributed by atoms with Gasteiger partial charge in [-0.05, 0) is 36.6 Å². The molecular weight excluding hydrogens is 266 g/mol. The van der Waals surface area contributed by atoms with Crippen molar-refractivity contribution < 1.29 is 0 Å². The molecular formula is C18H22ClN. The van der Waals surface area contributed by atoms with Gasteiger partial charge in [0, 0.05) is 17.1 Å². The minimum atomic E-state index is 0.283. The quantitative estimate of drug-likeness (QED) is 0.736. The lowest BCUT2D eigenvalue weighted by atomic mass is 10.00. The summed E-state index contributed by atoms with van der Waals surface area (Å²) in [5, 5.41) is 4.51. The van der Waals surface area contributed by atoms with E-state index in [1.165, 1.54) is 11.1 Å². The molecule has 0 saturated heterocycles. The van der Waals surface area contributed by atoms with Crippen LogP contribution in [0.5, 0.6) is 0 Å². The molecule has 106 valence electrons. The van der Waals surface area contributed by atoms with Gasteiger partial charge in [-0.1, -0.05) is 67.4 Å². The molecule has 0 spiro atoms. The summed E-state index contributed by atoms with van der Waals surface area (Å²) in [6.45, 7) is 4.42. The average Bonchev–Trinajstić information content (AvgIpc) is 2.47. The Labute approximate surface area is 127 Å². The van der Waals surface area contributed by atoms with Crippen LogP contribution < -0.4 is 5.32 Å². The van der Waals surface area contributed by atoms with E-state index in [-0.39, 0.29) is 6.04 Å². The molecule has 2 heteroatoms. The topological polar surface area (TPSA) is 12.0 Å². The van der Waals surface area contributed by atoms with E-state index < -0.39 is 0 Å². The molecule has 0 radical (unpaired) electrons. The van der Waals surface area contributed by atoms with Gasteiger partial charge < -0.3 is 5.32 Å². The van der Waals surface area contributed by atoms with Gasteiger partial charge in [0.2, 0.25) is 0 Å². The highest BCUT2D eigenvalue weighted by Gasteiger charge is 2.14. The van der Waals surface area contributed by atoms with Crippen molar-refractivity contribution in [2.75, 3.05) is 0 Å². The highest BCUT2D eigenvalue weighted by molar-refractivity contribution is 6.30. The molecule has 0 amide bonds. The second-order valence-electron chi connectivity index (χ2n) is 5.20. The molecule has 0 aliphatic carbocycles. The molecule has 0 heterocycles. The molecule has 2 aromatic carbocycles. The van der Waals surface area contributed by atoms with E-state index in [4.69, 9.17) is 11.6 Å². The largest absolute Gasteiger partial charge is 0.303 e. The molecule has 0 aromatic heterocycles. The van der Waals surface area contributed by atoms with Gasteiger partial charge in [0.05, 0.1) is 0 Å². The Morgan fingerprint density at radius 3 is 2.35 bits per heavy atom. The second kappa shape index (κ2) is 7.47. The van der Waals surface area contributed by atoms with Crippen molar-refractivity contribution in [1.82, 2.24) is 5.32 Å². The normalized spacial score (nSPS) is 13.9. The zero-order chi connectivity index (χ0) is 14.4. The minimum Gasteiger partial charge on any atom is -0.303 e. The summed E-state index contributed by atoms with van der Waals surface area (Å²) in [6.07, 6.45) is 2.30. The number of benzene rings is 2. The van der Waals surface area contributed by atoms with E-state index in [0.29, 0.717) is 6.04 Å². The highest BCUT2D eigenvalue weighted by Crippen LogP contribution is 2.24. The molecule has 0 saturated carbocycles. The van der Waals surface area contributed by atoms with E-state index >= 15 is 0 Å². The number of hydrogen-bond donors (Lipinski definition) is 1. The maximum absolute atomic E-state index is 6.08. The highest BCUT2D eigenvalue weighted by atomic mass is 35.5. The summed E-state index contributed by atoms with van der Waals surface area (Å²) in [5.41, 5.74) is 2.58. The Kier molecular flexibility index (Phi) is 5.63. The maximum Gasteiger partial charge on any atom is 0.0409 e. The lowest BCUT2D eigenvalue weighted by molar-refractivity contribution is 0.439. The van der Waals surface area contributed by atoms with Gasteiger partial charge >= 0.3 is 0 Å². The third-order valence-electron chi connectivity index (χ3n) is 3.58. The summed E-state index contributed by atoms with van der Waals surface area (Å²) in [6, 6.07) is 19.4. The van der Waals surface area contributed by atoms with E-state index in [2.05, 4.69) is 55.6 Å². The lowest BCUT2D eigenvalue weighted by Crippen LogP contribution is -2.24. The van der Waals surface area contributed by atoms with Crippen LogP contribution in [-0.2, 0) is 0 Å². The van der Waals surface area contributed by atoms with Gasteiger partial charge in [-0.3, -0.25) is 0 Å². The van der Waals surface area contributed by atoms with Gasteiger partial charge in [0.15, 0.2) is 0 Å². The Hall–Kier alpha value is -1.31. The van der Waals surface area contributed by atoms with Gasteiger partial charge in [-0.2, -0.15) is 0 Å². The Morgan fingerprint density at radius 2 is 1.70 bits per heavy atom. The maximum atomic E-state index is 6.08. The summed E-state index contributed by atoms with van der Waals surface area (Å²) >= 11 is 6.08. The monoisotopic (exact) mass is 287 g/mol. The van der Waals surface area contributed by atoms with Crippen molar-refractivity contribution in [1.29, 1.82) is 0 Å². The number of halogens is 1. The molecule has 0 fully saturated rings. The Balaban J connectivity index is 2.12. The molecule has 2 atom stereocenters. The summed E-state index contributed by atoms with van der Waals surface area (Å²) in [4.78, 5) is 0. The smallest absolute Gasteiger partial charge is 0.0409 e.